The first-order chi connectivity index (χ1) is 6.72. The van der Waals surface area contributed by atoms with E-state index in [0.717, 1.165) is 5.92 Å². The summed E-state index contributed by atoms with van der Waals surface area (Å²) in [6.45, 7) is 11.3. The van der Waals surface area contributed by atoms with Crippen LogP contribution in [0, 0.1) is 11.3 Å². The van der Waals surface area contributed by atoms with Gasteiger partial charge in [0.25, 0.3) is 0 Å². The van der Waals surface area contributed by atoms with E-state index < -0.39 is 0 Å². The lowest BCUT2D eigenvalue weighted by atomic mass is 9.78. The van der Waals surface area contributed by atoms with E-state index in [1.165, 1.54) is 52.0 Å². The molecule has 0 saturated carbocycles. The molecule has 2 aliphatic rings. The number of hydrogen-bond acceptors (Lipinski definition) is 2. The highest BCUT2D eigenvalue weighted by atomic mass is 15.1. The van der Waals surface area contributed by atoms with Gasteiger partial charge in [-0.25, -0.2) is 0 Å². The summed E-state index contributed by atoms with van der Waals surface area (Å²) < 4.78 is 0. The van der Waals surface area contributed by atoms with Crippen molar-refractivity contribution in [3.8, 4) is 0 Å². The number of hydrogen-bond donors (Lipinski definition) is 1. The van der Waals surface area contributed by atoms with E-state index in [-0.39, 0.29) is 0 Å². The van der Waals surface area contributed by atoms with Crippen LogP contribution in [0.5, 0.6) is 0 Å². The molecule has 2 saturated heterocycles. The van der Waals surface area contributed by atoms with Gasteiger partial charge in [0.2, 0.25) is 0 Å². The highest BCUT2D eigenvalue weighted by Crippen LogP contribution is 2.34. The number of rotatable bonds is 3. The normalized spacial score (nSPS) is 28.7. The fourth-order valence-corrected chi connectivity index (χ4v) is 2.47. The third-order valence-electron chi connectivity index (χ3n) is 4.30. The minimum Gasteiger partial charge on any atom is -0.316 e. The molecule has 0 unspecified atom stereocenters. The molecular weight excluding hydrogens is 172 g/mol. The van der Waals surface area contributed by atoms with Crippen molar-refractivity contribution >= 4 is 0 Å². The quantitative estimate of drug-likeness (QED) is 0.739. The van der Waals surface area contributed by atoms with Gasteiger partial charge in [-0.2, -0.15) is 0 Å². The molecular formula is C12H24N2. The van der Waals surface area contributed by atoms with Crippen LogP contribution in [0.25, 0.3) is 0 Å². The molecule has 0 bridgehead atoms. The van der Waals surface area contributed by atoms with E-state index in [0.29, 0.717) is 5.41 Å². The van der Waals surface area contributed by atoms with E-state index in [1.807, 2.05) is 0 Å². The van der Waals surface area contributed by atoms with Crippen molar-refractivity contribution in [2.45, 2.75) is 33.1 Å². The molecule has 2 rings (SSSR count). The van der Waals surface area contributed by atoms with Gasteiger partial charge in [0, 0.05) is 19.6 Å². The van der Waals surface area contributed by atoms with Crippen molar-refractivity contribution in [3.63, 3.8) is 0 Å². The Morgan fingerprint density at radius 2 is 1.93 bits per heavy atom. The smallest absolute Gasteiger partial charge is 0.00340 e. The third kappa shape index (κ3) is 2.29. The molecule has 0 aromatic carbocycles. The predicted octanol–water partition coefficient (Wildman–Crippen LogP) is 1.72. The van der Waals surface area contributed by atoms with Gasteiger partial charge in [-0.1, -0.05) is 20.3 Å². The molecule has 0 aliphatic carbocycles. The van der Waals surface area contributed by atoms with E-state index in [2.05, 4.69) is 24.1 Å². The first kappa shape index (κ1) is 10.4. The summed E-state index contributed by atoms with van der Waals surface area (Å²) in [7, 11) is 0. The van der Waals surface area contributed by atoms with Crippen molar-refractivity contribution in [2.75, 3.05) is 32.7 Å². The molecule has 2 nitrogen and oxygen atoms in total. The van der Waals surface area contributed by atoms with E-state index in [1.54, 1.807) is 0 Å². The maximum absolute atomic E-state index is 3.35. The van der Waals surface area contributed by atoms with Crippen LogP contribution >= 0.6 is 0 Å². The Morgan fingerprint density at radius 3 is 2.36 bits per heavy atom. The first-order valence-corrected chi connectivity index (χ1v) is 6.15. The molecule has 0 aromatic heterocycles. The Hall–Kier alpha value is -0.0800. The lowest BCUT2D eigenvalue weighted by molar-refractivity contribution is 0.0918. The molecule has 1 N–H and O–H groups in total. The molecule has 14 heavy (non-hydrogen) atoms. The topological polar surface area (TPSA) is 15.3 Å². The molecule has 2 heterocycles. The van der Waals surface area contributed by atoms with Crippen LogP contribution in [0.15, 0.2) is 0 Å². The molecule has 0 amide bonds. The SMILES string of the molecule is CCC1(C)CCN(CC2CNC2)CC1. The van der Waals surface area contributed by atoms with E-state index in [9.17, 15) is 0 Å². The van der Waals surface area contributed by atoms with Crippen molar-refractivity contribution in [2.24, 2.45) is 11.3 Å². The average Bonchev–Trinajstić information content (AvgIpc) is 2.14. The monoisotopic (exact) mass is 196 g/mol. The summed E-state index contributed by atoms with van der Waals surface area (Å²) in [6.07, 6.45) is 4.17. The minimum absolute atomic E-state index is 0.647. The fraction of sp³-hybridized carbons (Fsp3) is 1.00. The summed E-state index contributed by atoms with van der Waals surface area (Å²) in [5.41, 5.74) is 0.647. The second-order valence-electron chi connectivity index (χ2n) is 5.49. The molecule has 2 aliphatic heterocycles. The Bertz CT molecular complexity index is 179. The Labute approximate surface area is 88.1 Å². The third-order valence-corrected chi connectivity index (χ3v) is 4.30. The highest BCUT2D eigenvalue weighted by Gasteiger charge is 2.29. The second-order valence-corrected chi connectivity index (χ2v) is 5.49. The predicted molar refractivity (Wildman–Crippen MR) is 60.4 cm³/mol. The molecule has 2 fully saturated rings. The summed E-state index contributed by atoms with van der Waals surface area (Å²) in [6, 6.07) is 0. The minimum atomic E-state index is 0.647. The standard InChI is InChI=1S/C12H24N2/c1-3-12(2)4-6-14(7-5-12)10-11-8-13-9-11/h11,13H,3-10H2,1-2H3. The average molecular weight is 196 g/mol. The maximum Gasteiger partial charge on any atom is 0.00340 e. The molecule has 2 heteroatoms. The molecule has 0 aromatic rings. The van der Waals surface area contributed by atoms with Crippen molar-refractivity contribution in [1.82, 2.24) is 10.2 Å². The Balaban J connectivity index is 1.72. The van der Waals surface area contributed by atoms with Crippen molar-refractivity contribution < 1.29 is 0 Å². The van der Waals surface area contributed by atoms with Crippen LogP contribution in [0.4, 0.5) is 0 Å². The van der Waals surface area contributed by atoms with Crippen LogP contribution in [0.3, 0.4) is 0 Å². The van der Waals surface area contributed by atoms with Crippen LogP contribution in [-0.4, -0.2) is 37.6 Å². The molecule has 82 valence electrons. The van der Waals surface area contributed by atoms with Gasteiger partial charge in [0.1, 0.15) is 0 Å². The maximum atomic E-state index is 3.35. The van der Waals surface area contributed by atoms with E-state index >= 15 is 0 Å². The van der Waals surface area contributed by atoms with Gasteiger partial charge < -0.3 is 10.2 Å². The van der Waals surface area contributed by atoms with Crippen molar-refractivity contribution in [1.29, 1.82) is 0 Å². The van der Waals surface area contributed by atoms with Gasteiger partial charge in [0.15, 0.2) is 0 Å². The number of likely N-dealkylation sites (tertiary alicyclic amines) is 1. The summed E-state index contributed by atoms with van der Waals surface area (Å²) in [5.74, 6) is 0.945. The summed E-state index contributed by atoms with van der Waals surface area (Å²) >= 11 is 0. The lowest BCUT2D eigenvalue weighted by Gasteiger charge is -2.41. The lowest BCUT2D eigenvalue weighted by Crippen LogP contribution is -2.50. The van der Waals surface area contributed by atoms with Crippen LogP contribution in [-0.2, 0) is 0 Å². The van der Waals surface area contributed by atoms with Gasteiger partial charge in [-0.15, -0.1) is 0 Å². The fourth-order valence-electron chi connectivity index (χ4n) is 2.47. The summed E-state index contributed by atoms with van der Waals surface area (Å²) in [5, 5.41) is 3.35. The summed E-state index contributed by atoms with van der Waals surface area (Å²) in [4.78, 5) is 2.67. The second kappa shape index (κ2) is 4.19. The molecule has 0 radical (unpaired) electrons. The zero-order valence-corrected chi connectivity index (χ0v) is 9.68. The first-order valence-electron chi connectivity index (χ1n) is 6.15. The highest BCUT2D eigenvalue weighted by molar-refractivity contribution is 4.84. The zero-order chi connectivity index (χ0) is 10.0. The molecule has 0 atom stereocenters. The number of nitrogens with zero attached hydrogens (tertiary/aromatic N) is 1. The largest absolute Gasteiger partial charge is 0.316 e. The molecule has 0 spiro atoms. The number of nitrogens with one attached hydrogen (secondary N) is 1. The van der Waals surface area contributed by atoms with E-state index in [4.69, 9.17) is 0 Å². The Morgan fingerprint density at radius 1 is 1.29 bits per heavy atom. The van der Waals surface area contributed by atoms with Gasteiger partial charge in [-0.3, -0.25) is 0 Å². The zero-order valence-electron chi connectivity index (χ0n) is 9.68. The van der Waals surface area contributed by atoms with Gasteiger partial charge in [0.05, 0.1) is 0 Å². The Kier molecular flexibility index (Phi) is 3.13. The van der Waals surface area contributed by atoms with Crippen LogP contribution in [0.2, 0.25) is 0 Å². The van der Waals surface area contributed by atoms with Gasteiger partial charge >= 0.3 is 0 Å². The van der Waals surface area contributed by atoms with Gasteiger partial charge in [-0.05, 0) is 37.3 Å². The number of piperidine rings is 1. The van der Waals surface area contributed by atoms with Crippen LogP contribution in [0.1, 0.15) is 33.1 Å². The van der Waals surface area contributed by atoms with Crippen LogP contribution < -0.4 is 5.32 Å². The van der Waals surface area contributed by atoms with Crippen molar-refractivity contribution in [3.05, 3.63) is 0 Å².